The van der Waals surface area contributed by atoms with Gasteiger partial charge in [0.2, 0.25) is 23.5 Å². The molecule has 2 aromatic heterocycles. The number of aryl methyl sites for hydroxylation is 1. The van der Waals surface area contributed by atoms with Crippen LogP contribution in [0.25, 0.3) is 11.4 Å². The van der Waals surface area contributed by atoms with Crippen LogP contribution in [0.1, 0.15) is 12.3 Å². The van der Waals surface area contributed by atoms with Crippen molar-refractivity contribution in [2.45, 2.75) is 12.8 Å². The number of rotatable bonds is 7. The lowest BCUT2D eigenvalue weighted by molar-refractivity contribution is -0.116. The molecule has 150 valence electrons. The summed E-state index contributed by atoms with van der Waals surface area (Å²) >= 11 is 0. The van der Waals surface area contributed by atoms with Gasteiger partial charge in [-0.25, -0.2) is 9.37 Å². The van der Waals surface area contributed by atoms with Crippen molar-refractivity contribution in [3.63, 3.8) is 0 Å². The summed E-state index contributed by atoms with van der Waals surface area (Å²) in [5.41, 5.74) is 1.10. The van der Waals surface area contributed by atoms with E-state index in [1.54, 1.807) is 42.6 Å². The van der Waals surface area contributed by atoms with Crippen LogP contribution in [0.3, 0.4) is 0 Å². The highest BCUT2D eigenvalue weighted by Crippen LogP contribution is 2.26. The molecule has 0 fully saturated rings. The third-order valence-corrected chi connectivity index (χ3v) is 4.14. The number of benzene rings is 2. The molecule has 0 unspecified atom stereocenters. The summed E-state index contributed by atoms with van der Waals surface area (Å²) in [5.74, 6) is 0.986. The standard InChI is InChI=1S/C22H17FN4O3/c23-16-10-8-15(9-11-16)21-26-20(30-27-21)13-12-19(28)25-18-7-4-14-24-22(18)29-17-5-2-1-3-6-17/h1-11,14H,12-13H2,(H,25,28). The van der Waals surface area contributed by atoms with Crippen LogP contribution >= 0.6 is 0 Å². The van der Waals surface area contributed by atoms with Crippen LogP contribution in [0.2, 0.25) is 0 Å². The summed E-state index contributed by atoms with van der Waals surface area (Å²) in [6.45, 7) is 0. The van der Waals surface area contributed by atoms with Crippen LogP contribution in [-0.4, -0.2) is 21.0 Å². The van der Waals surface area contributed by atoms with Crippen molar-refractivity contribution in [3.8, 4) is 23.0 Å². The van der Waals surface area contributed by atoms with E-state index in [4.69, 9.17) is 9.26 Å². The van der Waals surface area contributed by atoms with Crippen molar-refractivity contribution in [1.29, 1.82) is 0 Å². The highest BCUT2D eigenvalue weighted by atomic mass is 19.1. The first-order valence-corrected chi connectivity index (χ1v) is 9.24. The van der Waals surface area contributed by atoms with Gasteiger partial charge in [-0.05, 0) is 48.5 Å². The average Bonchev–Trinajstić information content (AvgIpc) is 3.24. The molecule has 2 aromatic carbocycles. The molecule has 0 saturated carbocycles. The number of para-hydroxylation sites is 1. The summed E-state index contributed by atoms with van der Waals surface area (Å²) < 4.78 is 23.9. The topological polar surface area (TPSA) is 90.1 Å². The maximum Gasteiger partial charge on any atom is 0.243 e. The van der Waals surface area contributed by atoms with Gasteiger partial charge in [0.1, 0.15) is 17.3 Å². The average molecular weight is 404 g/mol. The van der Waals surface area contributed by atoms with Crippen molar-refractivity contribution >= 4 is 11.6 Å². The number of anilines is 1. The Hall–Kier alpha value is -4.07. The SMILES string of the molecule is O=C(CCc1nc(-c2ccc(F)cc2)no1)Nc1cccnc1Oc1ccccc1. The van der Waals surface area contributed by atoms with E-state index >= 15 is 0 Å². The molecule has 1 amide bonds. The molecule has 0 aliphatic carbocycles. The van der Waals surface area contributed by atoms with E-state index in [1.165, 1.54) is 12.1 Å². The minimum absolute atomic E-state index is 0.130. The Labute approximate surface area is 171 Å². The van der Waals surface area contributed by atoms with Crippen LogP contribution in [0.4, 0.5) is 10.1 Å². The van der Waals surface area contributed by atoms with Crippen LogP contribution in [0.5, 0.6) is 11.6 Å². The molecule has 0 aliphatic rings. The van der Waals surface area contributed by atoms with Crippen molar-refractivity contribution in [2.24, 2.45) is 0 Å². The lowest BCUT2D eigenvalue weighted by atomic mass is 10.2. The number of nitrogens with one attached hydrogen (secondary N) is 1. The Kier molecular flexibility index (Phi) is 5.75. The van der Waals surface area contributed by atoms with Crippen LogP contribution < -0.4 is 10.1 Å². The minimum atomic E-state index is -0.342. The summed E-state index contributed by atoms with van der Waals surface area (Å²) in [6.07, 6.45) is 1.98. The molecule has 0 aliphatic heterocycles. The molecule has 0 saturated heterocycles. The first-order valence-electron chi connectivity index (χ1n) is 9.24. The number of amides is 1. The Morgan fingerprint density at radius 2 is 1.83 bits per heavy atom. The van der Waals surface area contributed by atoms with Crippen molar-refractivity contribution in [1.82, 2.24) is 15.1 Å². The lowest BCUT2D eigenvalue weighted by Crippen LogP contribution is -2.13. The van der Waals surface area contributed by atoms with E-state index < -0.39 is 0 Å². The fourth-order valence-corrected chi connectivity index (χ4v) is 2.67. The van der Waals surface area contributed by atoms with Crippen LogP contribution in [0, 0.1) is 5.82 Å². The second kappa shape index (κ2) is 8.95. The Balaban J connectivity index is 1.36. The van der Waals surface area contributed by atoms with E-state index in [-0.39, 0.29) is 24.6 Å². The van der Waals surface area contributed by atoms with E-state index in [1.807, 2.05) is 18.2 Å². The molecular formula is C22H17FN4O3. The van der Waals surface area contributed by atoms with Gasteiger partial charge in [0.25, 0.3) is 0 Å². The zero-order valence-electron chi connectivity index (χ0n) is 15.8. The molecule has 8 heteroatoms. The highest BCUT2D eigenvalue weighted by molar-refractivity contribution is 5.92. The van der Waals surface area contributed by atoms with Gasteiger partial charge in [0.15, 0.2) is 0 Å². The number of pyridine rings is 1. The number of nitrogens with zero attached hydrogens (tertiary/aromatic N) is 3. The summed E-state index contributed by atoms with van der Waals surface area (Å²) in [6, 6.07) is 18.4. The zero-order valence-corrected chi connectivity index (χ0v) is 15.8. The Morgan fingerprint density at radius 3 is 2.63 bits per heavy atom. The molecule has 2 heterocycles. The zero-order chi connectivity index (χ0) is 20.8. The quantitative estimate of drug-likeness (QED) is 0.483. The van der Waals surface area contributed by atoms with Gasteiger partial charge in [0.05, 0.1) is 0 Å². The highest BCUT2D eigenvalue weighted by Gasteiger charge is 2.13. The molecule has 0 atom stereocenters. The van der Waals surface area contributed by atoms with Gasteiger partial charge in [-0.3, -0.25) is 4.79 Å². The van der Waals surface area contributed by atoms with E-state index in [0.717, 1.165) is 0 Å². The summed E-state index contributed by atoms with van der Waals surface area (Å²) in [7, 11) is 0. The normalized spacial score (nSPS) is 10.6. The fraction of sp³-hybridized carbons (Fsp3) is 0.0909. The first-order chi connectivity index (χ1) is 14.7. The maximum atomic E-state index is 13.0. The number of aromatic nitrogens is 3. The van der Waals surface area contributed by atoms with E-state index in [9.17, 15) is 9.18 Å². The fourth-order valence-electron chi connectivity index (χ4n) is 2.67. The second-order valence-electron chi connectivity index (χ2n) is 6.34. The number of hydrogen-bond donors (Lipinski definition) is 1. The molecule has 7 nitrogen and oxygen atoms in total. The molecule has 4 rings (SSSR count). The van der Waals surface area contributed by atoms with Gasteiger partial charge in [0, 0.05) is 24.6 Å². The van der Waals surface area contributed by atoms with Crippen molar-refractivity contribution in [2.75, 3.05) is 5.32 Å². The molecule has 0 spiro atoms. The van der Waals surface area contributed by atoms with Crippen molar-refractivity contribution in [3.05, 3.63) is 84.6 Å². The Morgan fingerprint density at radius 1 is 1.03 bits per heavy atom. The van der Waals surface area contributed by atoms with Gasteiger partial charge in [-0.2, -0.15) is 4.98 Å². The number of hydrogen-bond acceptors (Lipinski definition) is 6. The molecule has 4 aromatic rings. The molecule has 0 bridgehead atoms. The largest absolute Gasteiger partial charge is 0.437 e. The smallest absolute Gasteiger partial charge is 0.243 e. The third kappa shape index (κ3) is 4.85. The summed E-state index contributed by atoms with van der Waals surface area (Å²) in [5, 5.41) is 6.66. The molecule has 30 heavy (non-hydrogen) atoms. The van der Waals surface area contributed by atoms with Gasteiger partial charge in [-0.15, -0.1) is 0 Å². The number of halogens is 1. The Bertz CT molecular complexity index is 1130. The minimum Gasteiger partial charge on any atom is -0.437 e. The number of carbonyl (C=O) groups excluding carboxylic acids is 1. The third-order valence-electron chi connectivity index (χ3n) is 4.14. The van der Waals surface area contributed by atoms with Gasteiger partial charge < -0.3 is 14.6 Å². The van der Waals surface area contributed by atoms with Crippen LogP contribution in [-0.2, 0) is 11.2 Å². The van der Waals surface area contributed by atoms with Crippen molar-refractivity contribution < 1.29 is 18.4 Å². The summed E-state index contributed by atoms with van der Waals surface area (Å²) in [4.78, 5) is 20.8. The van der Waals surface area contributed by atoms with E-state index in [0.29, 0.717) is 34.6 Å². The molecule has 0 radical (unpaired) electrons. The molecular weight excluding hydrogens is 387 g/mol. The van der Waals surface area contributed by atoms with Gasteiger partial charge >= 0.3 is 0 Å². The van der Waals surface area contributed by atoms with Gasteiger partial charge in [-0.1, -0.05) is 23.4 Å². The number of carbonyl (C=O) groups is 1. The van der Waals surface area contributed by atoms with Crippen LogP contribution in [0.15, 0.2) is 77.4 Å². The monoisotopic (exact) mass is 404 g/mol. The predicted molar refractivity (Wildman–Crippen MR) is 107 cm³/mol. The maximum absolute atomic E-state index is 13.0. The first kappa shape index (κ1) is 19.3. The second-order valence-corrected chi connectivity index (χ2v) is 6.34. The lowest BCUT2D eigenvalue weighted by Gasteiger charge is -2.10. The predicted octanol–water partition coefficient (Wildman–Crippen LogP) is 4.63. The van der Waals surface area contributed by atoms with E-state index in [2.05, 4.69) is 20.4 Å². The number of ether oxygens (including phenoxy) is 1. The molecule has 1 N–H and O–H groups in total.